The van der Waals surface area contributed by atoms with Gasteiger partial charge in [0.05, 0.1) is 0 Å². The van der Waals surface area contributed by atoms with Crippen LogP contribution < -0.4 is 5.73 Å². The number of fused-ring (bicyclic) bond motifs is 1. The second kappa shape index (κ2) is 13.3. The Morgan fingerprint density at radius 1 is 1.14 bits per heavy atom. The largest absolute Gasteiger partial charge is 0.398 e. The maximum Gasteiger partial charge on any atom is 0.0383 e. The Morgan fingerprint density at radius 2 is 1.86 bits per heavy atom. The molecule has 2 aromatic rings. The van der Waals surface area contributed by atoms with Gasteiger partial charge < -0.3 is 5.73 Å². The zero-order chi connectivity index (χ0) is 20.5. The van der Waals surface area contributed by atoms with Gasteiger partial charge in [-0.15, -0.1) is 5.56 Å². The molecule has 3 rings (SSSR count). The van der Waals surface area contributed by atoms with Crippen molar-refractivity contribution >= 4 is 5.70 Å². The fraction of sp³-hybridized carbons (Fsp3) is 0.462. The fourth-order valence-corrected chi connectivity index (χ4v) is 3.59. The van der Waals surface area contributed by atoms with Crippen molar-refractivity contribution in [1.29, 1.82) is 0 Å². The molecule has 0 amide bonds. The van der Waals surface area contributed by atoms with Crippen molar-refractivity contribution in [2.45, 2.75) is 59.4 Å². The van der Waals surface area contributed by atoms with E-state index in [2.05, 4.69) is 82.1 Å². The van der Waals surface area contributed by atoms with Gasteiger partial charge in [-0.2, -0.15) is 29.8 Å². The van der Waals surface area contributed by atoms with Crippen molar-refractivity contribution in [2.24, 2.45) is 11.7 Å². The number of aryl methyl sites for hydroxylation is 1. The maximum atomic E-state index is 6.20. The number of unbranched alkanes of at least 4 members (excludes halogenated alkanes) is 2. The Bertz CT molecular complexity index is 750. The van der Waals surface area contributed by atoms with Gasteiger partial charge in [0.25, 0.3) is 0 Å². The monoisotopic (exact) mass is 615 g/mol. The van der Waals surface area contributed by atoms with Gasteiger partial charge in [-0.05, 0) is 24.6 Å². The Morgan fingerprint density at radius 3 is 2.48 bits per heavy atom. The molecule has 0 spiro atoms. The van der Waals surface area contributed by atoms with Crippen molar-refractivity contribution < 1.29 is 31.1 Å². The van der Waals surface area contributed by atoms with Crippen molar-refractivity contribution in [1.82, 2.24) is 4.90 Å². The van der Waals surface area contributed by atoms with Gasteiger partial charge in [-0.1, -0.05) is 77.6 Å². The van der Waals surface area contributed by atoms with Crippen LogP contribution in [0, 0.1) is 50.0 Å². The molecule has 0 radical (unpaired) electrons. The molecule has 3 heteroatoms. The quantitative estimate of drug-likeness (QED) is 0.314. The van der Waals surface area contributed by atoms with Gasteiger partial charge in [0.15, 0.2) is 0 Å². The third-order valence-corrected chi connectivity index (χ3v) is 5.28. The smallest absolute Gasteiger partial charge is 0.0383 e. The molecule has 156 valence electrons. The zero-order valence-corrected chi connectivity index (χ0v) is 23.0. The number of benzene rings is 2. The first kappa shape index (κ1) is 26.0. The summed E-state index contributed by atoms with van der Waals surface area (Å²) in [5.41, 5.74) is 11.9. The first-order valence-electron chi connectivity index (χ1n) is 10.7. The molecule has 0 fully saturated rings. The minimum Gasteiger partial charge on any atom is -0.398 e. The van der Waals surface area contributed by atoms with E-state index in [9.17, 15) is 0 Å². The van der Waals surface area contributed by atoms with E-state index in [0.717, 1.165) is 23.7 Å². The Labute approximate surface area is 202 Å². The molecular weight excluding hydrogens is 578 g/mol. The third kappa shape index (κ3) is 7.97. The minimum absolute atomic E-state index is 0. The van der Waals surface area contributed by atoms with E-state index in [1.807, 2.05) is 12.1 Å². The summed E-state index contributed by atoms with van der Waals surface area (Å²) in [6, 6.07) is 18.3. The predicted molar refractivity (Wildman–Crippen MR) is 122 cm³/mol. The summed E-state index contributed by atoms with van der Waals surface area (Å²) in [5, 5.41) is 0. The molecule has 1 unspecified atom stereocenters. The van der Waals surface area contributed by atoms with Crippen LogP contribution in [0.4, 0.5) is 0 Å². The Balaban J connectivity index is 0.000000403. The summed E-state index contributed by atoms with van der Waals surface area (Å²) >= 11 is 0. The second-order valence-corrected chi connectivity index (χ2v) is 8.30. The molecular formula is C26H37N2U-. The molecule has 0 saturated carbocycles. The van der Waals surface area contributed by atoms with Crippen LogP contribution in [-0.2, 0) is 0 Å². The summed E-state index contributed by atoms with van der Waals surface area (Å²) in [6.45, 7) is 9.75. The van der Waals surface area contributed by atoms with Crippen LogP contribution in [0.2, 0.25) is 0 Å². The molecule has 2 aromatic carbocycles. The molecule has 29 heavy (non-hydrogen) atoms. The van der Waals surface area contributed by atoms with Crippen LogP contribution in [-0.4, -0.2) is 18.5 Å². The summed E-state index contributed by atoms with van der Waals surface area (Å²) < 4.78 is 0. The molecule has 0 aromatic heterocycles. The average Bonchev–Trinajstić information content (AvgIpc) is 2.80. The number of hydrogen-bond donors (Lipinski definition) is 1. The van der Waals surface area contributed by atoms with Gasteiger partial charge >= 0.3 is 0 Å². The fourth-order valence-electron chi connectivity index (χ4n) is 3.59. The molecule has 0 aliphatic carbocycles. The van der Waals surface area contributed by atoms with E-state index >= 15 is 0 Å². The van der Waals surface area contributed by atoms with Crippen LogP contribution in [0.3, 0.4) is 0 Å². The SMILES string of the molecule is CCCCCC(C)C.Cc1c[c-]c(C2c3ccccc3C(N)=CCN2C)cc1.[U]. The summed E-state index contributed by atoms with van der Waals surface area (Å²) in [4.78, 5) is 2.31. The summed E-state index contributed by atoms with van der Waals surface area (Å²) in [5.74, 6) is 0.904. The van der Waals surface area contributed by atoms with E-state index in [4.69, 9.17) is 5.73 Å². The Kier molecular flexibility index (Phi) is 12.0. The summed E-state index contributed by atoms with van der Waals surface area (Å²) in [6.07, 6.45) is 7.69. The van der Waals surface area contributed by atoms with Gasteiger partial charge in [0.1, 0.15) is 0 Å². The standard InChI is InChI=1S/C18H19N2.C8H18.U/c1-13-7-9-14(10-8-13)18-16-6-4-3-5-15(16)17(19)11-12-20(18)2;1-4-5-6-7-8(2)3;/h3-9,11,18H,12,19H2,1-2H3;8H,4-7H2,1-3H3;/q-1;;. The van der Waals surface area contributed by atoms with E-state index in [0.29, 0.717) is 0 Å². The molecule has 2 N–H and O–H groups in total. The van der Waals surface area contributed by atoms with Crippen LogP contribution in [0.25, 0.3) is 5.70 Å². The first-order chi connectivity index (χ1) is 13.4. The molecule has 2 nitrogen and oxygen atoms in total. The van der Waals surface area contributed by atoms with Crippen molar-refractivity contribution in [2.75, 3.05) is 13.6 Å². The normalized spacial score (nSPS) is 16.1. The average molecular weight is 616 g/mol. The second-order valence-electron chi connectivity index (χ2n) is 8.30. The van der Waals surface area contributed by atoms with Crippen molar-refractivity contribution in [3.63, 3.8) is 0 Å². The van der Waals surface area contributed by atoms with Crippen molar-refractivity contribution in [3.05, 3.63) is 76.9 Å². The molecule has 1 aliphatic rings. The van der Waals surface area contributed by atoms with Crippen molar-refractivity contribution in [3.8, 4) is 0 Å². The first-order valence-corrected chi connectivity index (χ1v) is 10.7. The number of rotatable bonds is 5. The summed E-state index contributed by atoms with van der Waals surface area (Å²) in [7, 11) is 2.13. The molecule has 1 atom stereocenters. The number of likely N-dealkylation sites (N-methyl/N-ethyl adjacent to an activating group) is 1. The van der Waals surface area contributed by atoms with E-state index in [1.54, 1.807) is 0 Å². The van der Waals surface area contributed by atoms with E-state index < -0.39 is 0 Å². The third-order valence-electron chi connectivity index (χ3n) is 5.28. The zero-order valence-electron chi connectivity index (χ0n) is 18.8. The van der Waals surface area contributed by atoms with E-state index in [1.165, 1.54) is 42.4 Å². The molecule has 1 heterocycles. The topological polar surface area (TPSA) is 29.3 Å². The van der Waals surface area contributed by atoms with Crippen LogP contribution in [0.15, 0.2) is 48.5 Å². The molecule has 1 aliphatic heterocycles. The van der Waals surface area contributed by atoms with Gasteiger partial charge in [0.2, 0.25) is 0 Å². The Hall–Kier alpha value is -1.01. The minimum atomic E-state index is 0. The van der Waals surface area contributed by atoms with Gasteiger partial charge in [-0.25, -0.2) is 0 Å². The van der Waals surface area contributed by atoms with Crippen LogP contribution in [0.1, 0.15) is 74.8 Å². The number of nitrogens with zero attached hydrogens (tertiary/aromatic N) is 1. The number of hydrogen-bond acceptors (Lipinski definition) is 2. The number of nitrogens with two attached hydrogens (primary N) is 1. The molecule has 0 saturated heterocycles. The van der Waals surface area contributed by atoms with Gasteiger partial charge in [0, 0.05) is 55.0 Å². The van der Waals surface area contributed by atoms with E-state index in [-0.39, 0.29) is 37.2 Å². The maximum absolute atomic E-state index is 6.20. The van der Waals surface area contributed by atoms with Crippen LogP contribution in [0.5, 0.6) is 0 Å². The molecule has 0 bridgehead atoms. The van der Waals surface area contributed by atoms with Crippen LogP contribution >= 0.6 is 0 Å². The predicted octanol–water partition coefficient (Wildman–Crippen LogP) is 6.35. The van der Waals surface area contributed by atoms with Gasteiger partial charge in [-0.3, -0.25) is 4.90 Å².